The molecule has 2 aromatic rings. The van der Waals surface area contributed by atoms with Crippen molar-refractivity contribution in [1.29, 1.82) is 0 Å². The first-order valence-electron chi connectivity index (χ1n) is 18.0. The number of aromatic nitrogens is 2. The lowest BCUT2D eigenvalue weighted by molar-refractivity contribution is -0.141. The van der Waals surface area contributed by atoms with E-state index in [1.54, 1.807) is 27.7 Å². The number of benzene rings is 1. The number of ether oxygens (including phenoxy) is 2. The molecular weight excluding hydrogens is 676 g/mol. The number of alkyl carbamates (subject to hydrolysis) is 1. The smallest absolute Gasteiger partial charge is 0.408 e. The standard InChI is InChI=1S/C36H50N6O8S/c1-6-41-27-17-13-12-15-25(27)37-32(41)49-24-20-28-29(43)39-36(31(45)40-51(47,48)35(5)18-19-35)21-23(36)14-10-8-7-9-11-16-26(30(44)42(28)22-24)38-33(46)50-34(2,3)4/h10,12-15,17,23-24,26,28H,6-9,11,16,18-22H2,1-5H3,(H,38,46)(H,39,43)(H,40,45)/b14-10-/t23-,24-,26+,28+,36-/m1/s1. The Morgan fingerprint density at radius 1 is 1.12 bits per heavy atom. The molecule has 0 spiro atoms. The Bertz CT molecular complexity index is 1830. The van der Waals surface area contributed by atoms with E-state index in [9.17, 15) is 27.6 Å². The number of amides is 4. The summed E-state index contributed by atoms with van der Waals surface area (Å²) in [6.07, 6.45) is 6.87. The fourth-order valence-corrected chi connectivity index (χ4v) is 8.31. The van der Waals surface area contributed by atoms with Crippen molar-refractivity contribution in [2.75, 3.05) is 6.54 Å². The van der Waals surface area contributed by atoms with Crippen LogP contribution in [0.2, 0.25) is 0 Å². The molecular formula is C36H50N6O8S. The van der Waals surface area contributed by atoms with Crippen molar-refractivity contribution in [3.05, 3.63) is 36.4 Å². The van der Waals surface area contributed by atoms with Gasteiger partial charge in [0.2, 0.25) is 21.8 Å². The number of nitrogens with one attached hydrogen (secondary N) is 3. The second kappa shape index (κ2) is 13.8. The first-order valence-corrected chi connectivity index (χ1v) is 19.5. The molecule has 14 nitrogen and oxygen atoms in total. The molecule has 3 N–H and O–H groups in total. The maximum atomic E-state index is 14.4. The van der Waals surface area contributed by atoms with Crippen LogP contribution in [0.1, 0.15) is 92.4 Å². The van der Waals surface area contributed by atoms with Gasteiger partial charge in [0.05, 0.1) is 22.3 Å². The number of carbonyl (C=O) groups excluding carboxylic acids is 4. The molecule has 51 heavy (non-hydrogen) atoms. The second-order valence-electron chi connectivity index (χ2n) is 15.5. The maximum Gasteiger partial charge on any atom is 0.408 e. The normalized spacial score (nSPS) is 28.7. The van der Waals surface area contributed by atoms with Gasteiger partial charge in [-0.25, -0.2) is 13.2 Å². The van der Waals surface area contributed by atoms with Crippen molar-refractivity contribution in [2.24, 2.45) is 5.92 Å². The molecule has 1 aromatic heterocycles. The first-order chi connectivity index (χ1) is 24.1. The van der Waals surface area contributed by atoms with Crippen molar-refractivity contribution in [2.45, 2.75) is 133 Å². The largest absolute Gasteiger partial charge is 0.459 e. The lowest BCUT2D eigenvalue weighted by atomic mass is 10.0. The monoisotopic (exact) mass is 726 g/mol. The van der Waals surface area contributed by atoms with E-state index in [1.165, 1.54) is 4.90 Å². The molecule has 6 rings (SSSR count). The van der Waals surface area contributed by atoms with Crippen molar-refractivity contribution >= 4 is 44.9 Å². The highest BCUT2D eigenvalue weighted by Gasteiger charge is 2.63. The number of fused-ring (bicyclic) bond motifs is 3. The molecule has 2 saturated carbocycles. The number of hydrogen-bond acceptors (Lipinski definition) is 9. The maximum absolute atomic E-state index is 14.4. The third-order valence-electron chi connectivity index (χ3n) is 10.4. The van der Waals surface area contributed by atoms with Crippen LogP contribution in [0.3, 0.4) is 0 Å². The van der Waals surface area contributed by atoms with Crippen LogP contribution < -0.4 is 20.1 Å². The van der Waals surface area contributed by atoms with Crippen LogP contribution in [0, 0.1) is 5.92 Å². The minimum atomic E-state index is -3.97. The van der Waals surface area contributed by atoms with Gasteiger partial charge in [0, 0.05) is 18.9 Å². The predicted molar refractivity (Wildman–Crippen MR) is 189 cm³/mol. The molecule has 0 radical (unpaired) electrons. The Morgan fingerprint density at radius 2 is 1.86 bits per heavy atom. The lowest BCUT2D eigenvalue weighted by Gasteiger charge is -2.30. The van der Waals surface area contributed by atoms with Gasteiger partial charge < -0.3 is 25.0 Å². The third kappa shape index (κ3) is 7.73. The van der Waals surface area contributed by atoms with Crippen LogP contribution in [0.5, 0.6) is 6.01 Å². The molecule has 4 amide bonds. The highest BCUT2D eigenvalue weighted by molar-refractivity contribution is 7.91. The summed E-state index contributed by atoms with van der Waals surface area (Å²) in [4.78, 5) is 61.5. The van der Waals surface area contributed by atoms with E-state index in [2.05, 4.69) is 20.3 Å². The van der Waals surface area contributed by atoms with Gasteiger partial charge in [-0.2, -0.15) is 4.98 Å². The Morgan fingerprint density at radius 3 is 2.57 bits per heavy atom. The van der Waals surface area contributed by atoms with Gasteiger partial charge >= 0.3 is 6.09 Å². The summed E-state index contributed by atoms with van der Waals surface area (Å²) < 4.78 is 41.3. The van der Waals surface area contributed by atoms with E-state index < -0.39 is 73.8 Å². The van der Waals surface area contributed by atoms with Crippen molar-refractivity contribution in [3.63, 3.8) is 0 Å². The zero-order chi connectivity index (χ0) is 36.8. The number of para-hydroxylation sites is 2. The van der Waals surface area contributed by atoms with Gasteiger partial charge in [-0.3, -0.25) is 23.7 Å². The average molecular weight is 727 g/mol. The van der Waals surface area contributed by atoms with Crippen molar-refractivity contribution in [3.8, 4) is 6.01 Å². The van der Waals surface area contributed by atoms with E-state index in [4.69, 9.17) is 9.47 Å². The minimum Gasteiger partial charge on any atom is -0.459 e. The van der Waals surface area contributed by atoms with Crippen LogP contribution in [-0.2, 0) is 35.7 Å². The summed E-state index contributed by atoms with van der Waals surface area (Å²) in [7, 11) is -3.97. The molecule has 0 bridgehead atoms. The second-order valence-corrected chi connectivity index (χ2v) is 17.7. The highest BCUT2D eigenvalue weighted by atomic mass is 32.2. The van der Waals surface area contributed by atoms with Crippen LogP contribution in [-0.4, -0.2) is 87.3 Å². The summed E-state index contributed by atoms with van der Waals surface area (Å²) in [5.74, 6) is -2.28. The number of hydrogen-bond donors (Lipinski definition) is 3. The molecule has 0 unspecified atom stereocenters. The van der Waals surface area contributed by atoms with Crippen molar-refractivity contribution < 1.29 is 37.1 Å². The number of allylic oxidation sites excluding steroid dienone is 1. The number of rotatable bonds is 7. The zero-order valence-electron chi connectivity index (χ0n) is 30.1. The molecule has 3 heterocycles. The molecule has 1 saturated heterocycles. The van der Waals surface area contributed by atoms with Gasteiger partial charge in [0.15, 0.2) is 0 Å². The number of nitrogens with zero attached hydrogens (tertiary/aromatic N) is 3. The summed E-state index contributed by atoms with van der Waals surface area (Å²) >= 11 is 0. The lowest BCUT2D eigenvalue weighted by Crippen LogP contribution is -2.58. The van der Waals surface area contributed by atoms with E-state index >= 15 is 0 Å². The molecule has 5 atom stereocenters. The number of aryl methyl sites for hydroxylation is 1. The van der Waals surface area contributed by atoms with Gasteiger partial charge in [0.25, 0.3) is 11.9 Å². The fourth-order valence-electron chi connectivity index (χ4n) is 6.99. The molecule has 3 fully saturated rings. The van der Waals surface area contributed by atoms with Gasteiger partial charge in [0.1, 0.15) is 29.3 Å². The Kier molecular flexibility index (Phi) is 9.90. The summed E-state index contributed by atoms with van der Waals surface area (Å²) in [6, 6.07) is 5.91. The van der Waals surface area contributed by atoms with Crippen molar-refractivity contribution in [1.82, 2.24) is 29.8 Å². The van der Waals surface area contributed by atoms with E-state index in [0.717, 1.165) is 23.9 Å². The van der Waals surface area contributed by atoms with Gasteiger partial charge in [-0.05, 0) is 85.3 Å². The number of imidazole rings is 1. The molecule has 15 heteroatoms. The summed E-state index contributed by atoms with van der Waals surface area (Å²) in [5, 5.41) is 5.64. The minimum absolute atomic E-state index is 0.0194. The number of carbonyl (C=O) groups is 4. The van der Waals surface area contributed by atoms with Crippen LogP contribution in [0.4, 0.5) is 4.79 Å². The third-order valence-corrected chi connectivity index (χ3v) is 12.5. The number of sulfonamides is 1. The Balaban J connectivity index is 1.31. The zero-order valence-corrected chi connectivity index (χ0v) is 30.9. The van der Waals surface area contributed by atoms with Crippen LogP contribution in [0.15, 0.2) is 36.4 Å². The quantitative estimate of drug-likeness (QED) is 0.359. The van der Waals surface area contributed by atoms with Gasteiger partial charge in [-0.1, -0.05) is 37.1 Å². The Hall–Kier alpha value is -4.14. The topological polar surface area (TPSA) is 178 Å². The average Bonchev–Trinajstić information content (AvgIpc) is 3.88. The van der Waals surface area contributed by atoms with E-state index in [0.29, 0.717) is 44.7 Å². The summed E-state index contributed by atoms with van der Waals surface area (Å²) in [6.45, 7) is 9.36. The van der Waals surface area contributed by atoms with E-state index in [1.807, 2.05) is 47.9 Å². The van der Waals surface area contributed by atoms with Crippen LogP contribution >= 0.6 is 0 Å². The first kappa shape index (κ1) is 36.6. The Labute approximate surface area is 299 Å². The predicted octanol–water partition coefficient (Wildman–Crippen LogP) is 3.69. The molecule has 4 aliphatic rings. The molecule has 2 aliphatic heterocycles. The molecule has 1 aromatic carbocycles. The highest BCUT2D eigenvalue weighted by Crippen LogP contribution is 2.47. The molecule has 278 valence electrons. The SMILES string of the molecule is CCn1c(O[C@@H]2C[C@H]3C(=O)N[C@]4(C(=O)NS(=O)(=O)C5(C)CC5)C[C@H]4/C=C\CCCCC[C@H](NC(=O)OC(C)(C)C)C(=O)N3C2)nc2ccccc21. The summed E-state index contributed by atoms with van der Waals surface area (Å²) in [5.41, 5.74) is -0.661. The molecule has 2 aliphatic carbocycles. The van der Waals surface area contributed by atoms with E-state index in [-0.39, 0.29) is 19.4 Å². The fraction of sp³-hybridized carbons (Fsp3) is 0.639. The van der Waals surface area contributed by atoms with Crippen LogP contribution in [0.25, 0.3) is 11.0 Å². The van der Waals surface area contributed by atoms with Gasteiger partial charge in [-0.15, -0.1) is 0 Å².